The van der Waals surface area contributed by atoms with Crippen molar-refractivity contribution in [1.82, 2.24) is 0 Å². The number of rotatable bonds is 3. The number of aliphatic hydroxyl groups is 1. The molecule has 1 aromatic carbocycles. The van der Waals surface area contributed by atoms with E-state index in [4.69, 9.17) is 4.74 Å². The Kier molecular flexibility index (Phi) is 4.67. The van der Waals surface area contributed by atoms with Crippen molar-refractivity contribution in [3.8, 4) is 17.6 Å². The Morgan fingerprint density at radius 2 is 2.27 bits per heavy atom. The third-order valence-electron chi connectivity index (χ3n) is 2.03. The monoisotopic (exact) mass is 268 g/mol. The predicted molar refractivity (Wildman–Crippen MR) is 63.7 cm³/mol. The standard InChI is InChI=1S/C12H13BrO2/c1-3-4-5-11(14)9-6-7-12(15-2)10(13)8-9/h6-8,11,14H,5H2,1-2H3. The van der Waals surface area contributed by atoms with Gasteiger partial charge in [-0.1, -0.05) is 6.07 Å². The second-order valence-electron chi connectivity index (χ2n) is 3.04. The van der Waals surface area contributed by atoms with E-state index in [9.17, 15) is 5.11 Å². The summed E-state index contributed by atoms with van der Waals surface area (Å²) in [5.74, 6) is 6.36. The van der Waals surface area contributed by atoms with E-state index in [-0.39, 0.29) is 0 Å². The molecule has 0 aliphatic rings. The lowest BCUT2D eigenvalue weighted by atomic mass is 10.1. The molecule has 3 heteroatoms. The van der Waals surface area contributed by atoms with Crippen LogP contribution in [0.4, 0.5) is 0 Å². The van der Waals surface area contributed by atoms with Crippen molar-refractivity contribution in [1.29, 1.82) is 0 Å². The molecule has 0 fully saturated rings. The first kappa shape index (κ1) is 12.1. The highest BCUT2D eigenvalue weighted by atomic mass is 79.9. The Balaban J connectivity index is 2.85. The molecule has 0 amide bonds. The summed E-state index contributed by atoms with van der Waals surface area (Å²) in [5, 5.41) is 9.78. The molecule has 0 saturated carbocycles. The molecule has 15 heavy (non-hydrogen) atoms. The SMILES string of the molecule is CC#CCC(O)c1ccc(OC)c(Br)c1. The third-order valence-corrected chi connectivity index (χ3v) is 2.65. The molecule has 2 nitrogen and oxygen atoms in total. The van der Waals surface area contributed by atoms with Crippen LogP contribution in [0.25, 0.3) is 0 Å². The fourth-order valence-corrected chi connectivity index (χ4v) is 1.76. The third kappa shape index (κ3) is 3.26. The predicted octanol–water partition coefficient (Wildman–Crippen LogP) is 2.90. The van der Waals surface area contributed by atoms with Gasteiger partial charge in [0.05, 0.1) is 17.7 Å². The van der Waals surface area contributed by atoms with Crippen LogP contribution in [-0.4, -0.2) is 12.2 Å². The maximum Gasteiger partial charge on any atom is 0.133 e. The molecule has 0 aliphatic carbocycles. The molecule has 0 spiro atoms. The number of benzene rings is 1. The molecule has 0 aliphatic heterocycles. The van der Waals surface area contributed by atoms with Crippen LogP contribution in [0.3, 0.4) is 0 Å². The Bertz CT molecular complexity index is 390. The molecule has 1 aromatic rings. The summed E-state index contributed by atoms with van der Waals surface area (Å²) in [5.41, 5.74) is 0.838. The summed E-state index contributed by atoms with van der Waals surface area (Å²) >= 11 is 3.37. The molecule has 80 valence electrons. The van der Waals surface area contributed by atoms with E-state index in [0.29, 0.717) is 6.42 Å². The number of ether oxygens (including phenoxy) is 1. The summed E-state index contributed by atoms with van der Waals surface area (Å²) in [6.45, 7) is 1.76. The number of aliphatic hydroxyl groups excluding tert-OH is 1. The number of hydrogen-bond acceptors (Lipinski definition) is 2. The first-order valence-electron chi connectivity index (χ1n) is 4.60. The van der Waals surface area contributed by atoms with Gasteiger partial charge < -0.3 is 9.84 Å². The zero-order chi connectivity index (χ0) is 11.3. The molecule has 0 heterocycles. The zero-order valence-electron chi connectivity index (χ0n) is 8.75. The molecule has 0 radical (unpaired) electrons. The largest absolute Gasteiger partial charge is 0.496 e. The van der Waals surface area contributed by atoms with Crippen molar-refractivity contribution in [3.05, 3.63) is 28.2 Å². The summed E-state index contributed by atoms with van der Waals surface area (Å²) < 4.78 is 5.94. The van der Waals surface area contributed by atoms with Crippen molar-refractivity contribution in [2.24, 2.45) is 0 Å². The average molecular weight is 269 g/mol. The average Bonchev–Trinajstić information content (AvgIpc) is 2.25. The van der Waals surface area contributed by atoms with Crippen LogP contribution in [-0.2, 0) is 0 Å². The normalized spacial score (nSPS) is 11.5. The Hall–Kier alpha value is -0.980. The first-order chi connectivity index (χ1) is 7.19. The number of hydrogen-bond donors (Lipinski definition) is 1. The lowest BCUT2D eigenvalue weighted by Gasteiger charge is -2.10. The molecule has 1 atom stereocenters. The van der Waals surface area contributed by atoms with Crippen LogP contribution in [0.1, 0.15) is 25.0 Å². The molecule has 0 aromatic heterocycles. The molecule has 1 rings (SSSR count). The highest BCUT2D eigenvalue weighted by Gasteiger charge is 2.08. The minimum absolute atomic E-state index is 0.454. The van der Waals surface area contributed by atoms with Gasteiger partial charge >= 0.3 is 0 Å². The molecular formula is C12H13BrO2. The van der Waals surface area contributed by atoms with Crippen LogP contribution in [0.2, 0.25) is 0 Å². The molecular weight excluding hydrogens is 256 g/mol. The lowest BCUT2D eigenvalue weighted by Crippen LogP contribution is -1.96. The van der Waals surface area contributed by atoms with Gasteiger partial charge in [-0.15, -0.1) is 11.8 Å². The first-order valence-corrected chi connectivity index (χ1v) is 5.39. The van der Waals surface area contributed by atoms with E-state index >= 15 is 0 Å². The van der Waals surface area contributed by atoms with Crippen molar-refractivity contribution >= 4 is 15.9 Å². The minimum Gasteiger partial charge on any atom is -0.496 e. The van der Waals surface area contributed by atoms with E-state index in [1.54, 1.807) is 14.0 Å². The van der Waals surface area contributed by atoms with Crippen molar-refractivity contribution < 1.29 is 9.84 Å². The fourth-order valence-electron chi connectivity index (χ4n) is 1.21. The number of methoxy groups -OCH3 is 1. The van der Waals surface area contributed by atoms with Gasteiger partial charge in [0, 0.05) is 6.42 Å². The quantitative estimate of drug-likeness (QED) is 0.855. The summed E-state index contributed by atoms with van der Waals surface area (Å²) in [6.07, 6.45) is -0.0883. The van der Waals surface area contributed by atoms with Crippen LogP contribution in [0.5, 0.6) is 5.75 Å². The number of halogens is 1. The van der Waals surface area contributed by atoms with E-state index in [2.05, 4.69) is 27.8 Å². The Morgan fingerprint density at radius 1 is 1.53 bits per heavy atom. The lowest BCUT2D eigenvalue weighted by molar-refractivity contribution is 0.184. The van der Waals surface area contributed by atoms with Crippen LogP contribution >= 0.6 is 15.9 Å². The highest BCUT2D eigenvalue weighted by molar-refractivity contribution is 9.10. The molecule has 0 bridgehead atoms. The van der Waals surface area contributed by atoms with Crippen molar-refractivity contribution in [2.45, 2.75) is 19.4 Å². The Morgan fingerprint density at radius 3 is 2.80 bits per heavy atom. The maximum atomic E-state index is 9.78. The summed E-state index contributed by atoms with van der Waals surface area (Å²) in [6, 6.07) is 5.51. The van der Waals surface area contributed by atoms with E-state index in [1.165, 1.54) is 0 Å². The van der Waals surface area contributed by atoms with Gasteiger partial charge in [-0.05, 0) is 40.5 Å². The van der Waals surface area contributed by atoms with Gasteiger partial charge in [-0.25, -0.2) is 0 Å². The molecule has 1 unspecified atom stereocenters. The van der Waals surface area contributed by atoms with E-state index in [1.807, 2.05) is 18.2 Å². The van der Waals surface area contributed by atoms with Crippen LogP contribution in [0, 0.1) is 11.8 Å². The summed E-state index contributed by atoms with van der Waals surface area (Å²) in [7, 11) is 1.61. The van der Waals surface area contributed by atoms with E-state index in [0.717, 1.165) is 15.8 Å². The Labute approximate surface area is 98.4 Å². The van der Waals surface area contributed by atoms with Crippen molar-refractivity contribution in [2.75, 3.05) is 7.11 Å². The van der Waals surface area contributed by atoms with Gasteiger partial charge in [0.2, 0.25) is 0 Å². The van der Waals surface area contributed by atoms with Crippen LogP contribution in [0.15, 0.2) is 22.7 Å². The zero-order valence-corrected chi connectivity index (χ0v) is 10.3. The topological polar surface area (TPSA) is 29.5 Å². The van der Waals surface area contributed by atoms with Crippen LogP contribution < -0.4 is 4.74 Å². The molecule has 0 saturated heterocycles. The van der Waals surface area contributed by atoms with Crippen molar-refractivity contribution in [3.63, 3.8) is 0 Å². The smallest absolute Gasteiger partial charge is 0.133 e. The van der Waals surface area contributed by atoms with Gasteiger partial charge in [0.1, 0.15) is 5.75 Å². The van der Waals surface area contributed by atoms with Gasteiger partial charge in [0.25, 0.3) is 0 Å². The van der Waals surface area contributed by atoms with Gasteiger partial charge in [0.15, 0.2) is 0 Å². The second-order valence-corrected chi connectivity index (χ2v) is 3.90. The van der Waals surface area contributed by atoms with Gasteiger partial charge in [-0.3, -0.25) is 0 Å². The highest BCUT2D eigenvalue weighted by Crippen LogP contribution is 2.28. The maximum absolute atomic E-state index is 9.78. The van der Waals surface area contributed by atoms with E-state index < -0.39 is 6.10 Å². The summed E-state index contributed by atoms with van der Waals surface area (Å²) in [4.78, 5) is 0. The molecule has 1 N–H and O–H groups in total. The fraction of sp³-hybridized carbons (Fsp3) is 0.333. The minimum atomic E-state index is -0.542. The van der Waals surface area contributed by atoms with Gasteiger partial charge in [-0.2, -0.15) is 0 Å². The second kappa shape index (κ2) is 5.79.